The average Bonchev–Trinajstić information content (AvgIpc) is 2.33. The van der Waals surface area contributed by atoms with E-state index in [1.165, 1.54) is 0 Å². The summed E-state index contributed by atoms with van der Waals surface area (Å²) in [6, 6.07) is 7.54. The number of nitrogens with zero attached hydrogens (tertiary/aromatic N) is 1. The number of hydrogen-bond acceptors (Lipinski definition) is 5. The van der Waals surface area contributed by atoms with Crippen LogP contribution < -0.4 is 39.2 Å². The van der Waals surface area contributed by atoms with Crippen molar-refractivity contribution in [2.45, 2.75) is 13.3 Å². The summed E-state index contributed by atoms with van der Waals surface area (Å²) in [6.07, 6.45) is 0.330. The molecule has 6 nitrogen and oxygen atoms in total. The Morgan fingerprint density at radius 3 is 2.50 bits per heavy atom. The van der Waals surface area contributed by atoms with Crippen molar-refractivity contribution >= 4 is 15.8 Å². The first kappa shape index (κ1) is 22.0. The van der Waals surface area contributed by atoms with Gasteiger partial charge in [0.1, 0.15) is 5.75 Å². The Bertz CT molecular complexity index is 480. The van der Waals surface area contributed by atoms with Crippen LogP contribution in [0.1, 0.15) is 13.3 Å². The van der Waals surface area contributed by atoms with Crippen LogP contribution in [0.3, 0.4) is 0 Å². The quantitative estimate of drug-likeness (QED) is 0.414. The third kappa shape index (κ3) is 8.08. The molecule has 0 unspecified atom stereocenters. The first-order valence-corrected chi connectivity index (χ1v) is 7.36. The zero-order chi connectivity index (χ0) is 13.6. The van der Waals surface area contributed by atoms with Gasteiger partial charge in [0, 0.05) is 30.6 Å². The van der Waals surface area contributed by atoms with E-state index in [0.717, 1.165) is 18.0 Å². The van der Waals surface area contributed by atoms with Gasteiger partial charge in [-0.15, -0.1) is 0 Å². The van der Waals surface area contributed by atoms with E-state index in [0.29, 0.717) is 13.0 Å². The summed E-state index contributed by atoms with van der Waals surface area (Å²) in [5, 5.41) is 0. The third-order valence-corrected chi connectivity index (χ3v) is 3.41. The van der Waals surface area contributed by atoms with Gasteiger partial charge in [0.2, 0.25) is 0 Å². The minimum Gasteiger partial charge on any atom is -0.748 e. The predicted molar refractivity (Wildman–Crippen MR) is 73.7 cm³/mol. The van der Waals surface area contributed by atoms with Crippen LogP contribution in [0, 0.1) is 0 Å². The molecule has 1 rings (SSSR count). The normalized spacial score (nSPS) is 10.2. The van der Waals surface area contributed by atoms with Crippen LogP contribution in [0.4, 0.5) is 5.69 Å². The molecule has 2 N–H and O–H groups in total. The molecule has 0 amide bonds. The van der Waals surface area contributed by atoms with Gasteiger partial charge in [-0.25, -0.2) is 8.42 Å². The minimum absolute atomic E-state index is 0. The number of methoxy groups -OCH3 is 1. The fourth-order valence-electron chi connectivity index (χ4n) is 1.71. The molecule has 0 bridgehead atoms. The molecule has 0 saturated carbocycles. The van der Waals surface area contributed by atoms with Crippen molar-refractivity contribution in [1.82, 2.24) is 0 Å². The van der Waals surface area contributed by atoms with Crippen molar-refractivity contribution in [3.63, 3.8) is 0 Å². The molecule has 0 saturated heterocycles. The van der Waals surface area contributed by atoms with E-state index < -0.39 is 10.1 Å². The number of hydrogen-bond donors (Lipinski definition) is 0. The summed E-state index contributed by atoms with van der Waals surface area (Å²) in [5.41, 5.74) is 0.958. The molecule has 0 fully saturated rings. The summed E-state index contributed by atoms with van der Waals surface area (Å²) in [6.45, 7) is 3.25. The molecule has 0 aromatic heterocycles. The van der Waals surface area contributed by atoms with Crippen LogP contribution in [-0.4, -0.2) is 44.4 Å². The molecular formula is C12H20NNaO5S. The largest absolute Gasteiger partial charge is 1.00 e. The molecular weight excluding hydrogens is 293 g/mol. The molecule has 1 aromatic rings. The topological polar surface area (TPSA) is 101 Å². The number of rotatable bonds is 7. The van der Waals surface area contributed by atoms with Crippen molar-refractivity contribution in [2.24, 2.45) is 0 Å². The maximum atomic E-state index is 10.5. The van der Waals surface area contributed by atoms with Crippen LogP contribution >= 0.6 is 0 Å². The fraction of sp³-hybridized carbons (Fsp3) is 0.500. The standard InChI is InChI=1S/C12H19NO4S.Na.H2O/c1-3-13(8-5-9-18(14,15)16)11-6-4-7-12(10-11)17-2;;/h4,6-7,10H,3,5,8-9H2,1-2H3,(H,14,15,16);;1H2/q;+1;/p-1. The molecule has 0 aliphatic heterocycles. The SMILES string of the molecule is CCN(CCCS(=O)(=O)[O-])c1cccc(OC)c1.O.[Na+]. The Kier molecular flexibility index (Phi) is 11.5. The monoisotopic (exact) mass is 313 g/mol. The smallest absolute Gasteiger partial charge is 0.748 e. The van der Waals surface area contributed by atoms with E-state index in [-0.39, 0.29) is 40.8 Å². The molecule has 0 aliphatic rings. The fourth-order valence-corrected chi connectivity index (χ4v) is 2.19. The first-order valence-electron chi connectivity index (χ1n) is 5.79. The van der Waals surface area contributed by atoms with Crippen LogP contribution in [0.5, 0.6) is 5.75 Å². The van der Waals surface area contributed by atoms with Crippen LogP contribution in [0.2, 0.25) is 0 Å². The second-order valence-electron chi connectivity index (χ2n) is 3.90. The summed E-state index contributed by atoms with van der Waals surface area (Å²) >= 11 is 0. The Morgan fingerprint density at radius 1 is 1.35 bits per heavy atom. The van der Waals surface area contributed by atoms with Gasteiger partial charge in [0.15, 0.2) is 0 Å². The van der Waals surface area contributed by atoms with E-state index in [1.807, 2.05) is 36.1 Å². The summed E-state index contributed by atoms with van der Waals surface area (Å²) in [5.74, 6) is 0.426. The van der Waals surface area contributed by atoms with Crippen LogP contribution in [0.15, 0.2) is 24.3 Å². The molecule has 110 valence electrons. The van der Waals surface area contributed by atoms with Gasteiger partial charge >= 0.3 is 29.6 Å². The van der Waals surface area contributed by atoms with Crippen LogP contribution in [-0.2, 0) is 10.1 Å². The molecule has 0 radical (unpaired) electrons. The third-order valence-electron chi connectivity index (χ3n) is 2.62. The number of benzene rings is 1. The van der Waals surface area contributed by atoms with Gasteiger partial charge in [-0.05, 0) is 25.5 Å². The van der Waals surface area contributed by atoms with E-state index in [1.54, 1.807) is 7.11 Å². The zero-order valence-corrected chi connectivity index (χ0v) is 14.9. The zero-order valence-electron chi connectivity index (χ0n) is 12.1. The van der Waals surface area contributed by atoms with Gasteiger partial charge in [0.25, 0.3) is 0 Å². The van der Waals surface area contributed by atoms with Crippen molar-refractivity contribution in [3.8, 4) is 5.75 Å². The second-order valence-corrected chi connectivity index (χ2v) is 5.42. The number of anilines is 1. The maximum Gasteiger partial charge on any atom is 1.00 e. The van der Waals surface area contributed by atoms with E-state index >= 15 is 0 Å². The second kappa shape index (κ2) is 10.4. The van der Waals surface area contributed by atoms with E-state index in [9.17, 15) is 13.0 Å². The Labute approximate surface area is 142 Å². The molecule has 0 atom stereocenters. The average molecular weight is 313 g/mol. The number of ether oxygens (including phenoxy) is 1. The molecule has 0 spiro atoms. The van der Waals surface area contributed by atoms with Gasteiger partial charge in [-0.3, -0.25) is 0 Å². The molecule has 1 aromatic carbocycles. The molecule has 20 heavy (non-hydrogen) atoms. The Hall–Kier alpha value is -0.310. The van der Waals surface area contributed by atoms with E-state index in [4.69, 9.17) is 4.74 Å². The maximum absolute atomic E-state index is 10.5. The van der Waals surface area contributed by atoms with Crippen molar-refractivity contribution in [2.75, 3.05) is 30.9 Å². The van der Waals surface area contributed by atoms with Gasteiger partial charge in [-0.1, -0.05) is 6.07 Å². The summed E-state index contributed by atoms with van der Waals surface area (Å²) < 4.78 is 36.8. The van der Waals surface area contributed by atoms with E-state index in [2.05, 4.69) is 0 Å². The summed E-state index contributed by atoms with van der Waals surface area (Å²) in [4.78, 5) is 2.01. The van der Waals surface area contributed by atoms with Gasteiger partial charge in [-0.2, -0.15) is 0 Å². The van der Waals surface area contributed by atoms with Crippen molar-refractivity contribution in [1.29, 1.82) is 0 Å². The van der Waals surface area contributed by atoms with Crippen molar-refractivity contribution in [3.05, 3.63) is 24.3 Å². The van der Waals surface area contributed by atoms with Gasteiger partial charge < -0.3 is 19.7 Å². The molecule has 8 heteroatoms. The predicted octanol–water partition coefficient (Wildman–Crippen LogP) is -2.36. The Balaban J connectivity index is 0. The minimum atomic E-state index is -4.12. The van der Waals surface area contributed by atoms with Crippen LogP contribution in [0.25, 0.3) is 0 Å². The first-order chi connectivity index (χ1) is 8.46. The molecule has 0 heterocycles. The van der Waals surface area contributed by atoms with Crippen molar-refractivity contribution < 1.29 is 52.7 Å². The molecule has 0 aliphatic carbocycles. The van der Waals surface area contributed by atoms with Gasteiger partial charge in [0.05, 0.1) is 17.2 Å². The Morgan fingerprint density at radius 2 is 2.00 bits per heavy atom. The summed E-state index contributed by atoms with van der Waals surface area (Å²) in [7, 11) is -2.53.